The Balaban J connectivity index is 0.000000322. The lowest BCUT2D eigenvalue weighted by atomic mass is 9.98. The number of fused-ring (bicyclic) bond motifs is 3. The molecule has 1 unspecified atom stereocenters. The van der Waals surface area contributed by atoms with Crippen molar-refractivity contribution in [2.24, 2.45) is 5.92 Å². The van der Waals surface area contributed by atoms with E-state index < -0.39 is 0 Å². The van der Waals surface area contributed by atoms with Crippen LogP contribution >= 0.6 is 0 Å². The topological polar surface area (TPSA) is 72.5 Å². The number of benzene rings is 2. The van der Waals surface area contributed by atoms with Crippen molar-refractivity contribution in [3.8, 4) is 11.1 Å². The molecule has 5 nitrogen and oxygen atoms in total. The van der Waals surface area contributed by atoms with Crippen molar-refractivity contribution in [3.05, 3.63) is 59.7 Å². The second-order valence-corrected chi connectivity index (χ2v) is 7.19. The second-order valence-electron chi connectivity index (χ2n) is 7.19. The molecule has 2 aromatic rings. The van der Waals surface area contributed by atoms with Crippen LogP contribution in [-0.2, 0) is 14.3 Å². The van der Waals surface area contributed by atoms with Crippen LogP contribution in [0.4, 0.5) is 4.79 Å². The highest BCUT2D eigenvalue weighted by Gasteiger charge is 2.29. The minimum Gasteiger partial charge on any atom is -0.449 e. The summed E-state index contributed by atoms with van der Waals surface area (Å²) in [6.07, 6.45) is 2.14. The average Bonchev–Trinajstić information content (AvgIpc) is 3.75. The number of alkyl carbamates (subject to hydrolysis) is 1. The average molecular weight is 440 g/mol. The Labute approximate surface area is 192 Å². The standard InChI is InChI=1S/C16H15NO2.C4H6O.C3H4O.2C2H6/c1-17-16(18)19-10-15-13-8-4-2-6-11(13)12-7-3-5-9-14(12)15;1-3-2-4(3)5;4-3-1-2-3;2*1-2/h2-9,15H,10H2,1H3,(H,17,18);3H,2H2,1H3;1-2H2;2*1-2H3. The number of ether oxygens (including phenoxy) is 1. The maximum Gasteiger partial charge on any atom is 0.406 e. The van der Waals surface area contributed by atoms with Gasteiger partial charge in [0.25, 0.3) is 0 Å². The van der Waals surface area contributed by atoms with E-state index in [1.807, 2.05) is 58.9 Å². The van der Waals surface area contributed by atoms with Gasteiger partial charge in [0.2, 0.25) is 0 Å². The Morgan fingerprint density at radius 2 is 1.28 bits per heavy atom. The molecule has 5 rings (SSSR count). The van der Waals surface area contributed by atoms with E-state index in [1.54, 1.807) is 7.05 Å². The van der Waals surface area contributed by atoms with Crippen LogP contribution in [0.15, 0.2) is 48.5 Å². The van der Waals surface area contributed by atoms with Crippen molar-refractivity contribution >= 4 is 17.7 Å². The van der Waals surface area contributed by atoms with E-state index in [4.69, 9.17) is 4.74 Å². The van der Waals surface area contributed by atoms with Gasteiger partial charge in [-0.05, 0) is 22.3 Å². The van der Waals surface area contributed by atoms with Crippen molar-refractivity contribution in [1.29, 1.82) is 0 Å². The van der Waals surface area contributed by atoms with E-state index >= 15 is 0 Å². The summed E-state index contributed by atoms with van der Waals surface area (Å²) in [5, 5.41) is 2.48. The fraction of sp³-hybridized carbons (Fsp3) is 0.444. The van der Waals surface area contributed by atoms with Crippen LogP contribution in [0.3, 0.4) is 0 Å². The summed E-state index contributed by atoms with van der Waals surface area (Å²) in [6.45, 7) is 10.3. The maximum absolute atomic E-state index is 11.3. The first-order chi connectivity index (χ1) is 15.5. The zero-order chi connectivity index (χ0) is 24.1. The molecular formula is C27H37NO4. The van der Waals surface area contributed by atoms with Gasteiger partial charge in [0.1, 0.15) is 18.2 Å². The molecule has 2 fully saturated rings. The fourth-order valence-corrected chi connectivity index (χ4v) is 2.96. The summed E-state index contributed by atoms with van der Waals surface area (Å²) < 4.78 is 5.24. The van der Waals surface area contributed by atoms with E-state index in [-0.39, 0.29) is 12.0 Å². The molecule has 0 bridgehead atoms. The quantitative estimate of drug-likeness (QED) is 0.609. The maximum atomic E-state index is 11.3. The number of rotatable bonds is 2. The summed E-state index contributed by atoms with van der Waals surface area (Å²) in [5.41, 5.74) is 4.94. The lowest BCUT2D eigenvalue weighted by Crippen LogP contribution is -2.21. The smallest absolute Gasteiger partial charge is 0.406 e. The molecule has 3 aliphatic carbocycles. The van der Waals surface area contributed by atoms with E-state index in [0.717, 1.165) is 19.3 Å². The molecule has 1 N–H and O–H groups in total. The predicted molar refractivity (Wildman–Crippen MR) is 130 cm³/mol. The molecule has 0 spiro atoms. The van der Waals surface area contributed by atoms with E-state index in [9.17, 15) is 14.4 Å². The van der Waals surface area contributed by atoms with Crippen LogP contribution < -0.4 is 5.32 Å². The van der Waals surface area contributed by atoms with Gasteiger partial charge in [-0.3, -0.25) is 9.59 Å². The third-order valence-corrected chi connectivity index (χ3v) is 4.90. The molecule has 174 valence electrons. The van der Waals surface area contributed by atoms with Gasteiger partial charge in [-0.15, -0.1) is 0 Å². The fourth-order valence-electron chi connectivity index (χ4n) is 2.96. The number of carbonyl (C=O) groups is 3. The Morgan fingerprint density at radius 1 is 0.906 bits per heavy atom. The summed E-state index contributed by atoms with van der Waals surface area (Å²) in [4.78, 5) is 30.7. The Hall–Kier alpha value is -2.95. The van der Waals surface area contributed by atoms with E-state index in [0.29, 0.717) is 24.1 Å². The number of hydrogen-bond donors (Lipinski definition) is 1. The molecule has 32 heavy (non-hydrogen) atoms. The third-order valence-electron chi connectivity index (χ3n) is 4.90. The largest absolute Gasteiger partial charge is 0.449 e. The molecule has 1 atom stereocenters. The van der Waals surface area contributed by atoms with Crippen molar-refractivity contribution in [2.45, 2.75) is 59.8 Å². The Morgan fingerprint density at radius 3 is 1.59 bits per heavy atom. The first-order valence-electron chi connectivity index (χ1n) is 11.6. The van der Waals surface area contributed by atoms with Crippen molar-refractivity contribution < 1.29 is 19.1 Å². The highest BCUT2D eigenvalue weighted by molar-refractivity contribution is 5.95. The van der Waals surface area contributed by atoms with Crippen molar-refractivity contribution in [1.82, 2.24) is 5.32 Å². The van der Waals surface area contributed by atoms with Crippen LogP contribution in [-0.4, -0.2) is 31.3 Å². The molecular weight excluding hydrogens is 402 g/mol. The summed E-state index contributed by atoms with van der Waals surface area (Å²) in [5.74, 6) is 1.38. The molecule has 2 aromatic carbocycles. The van der Waals surface area contributed by atoms with Gasteiger partial charge in [0, 0.05) is 38.1 Å². The molecule has 3 aliphatic rings. The number of ketones is 2. The number of Topliss-reactive ketones (excluding diaryl/α,β-unsaturated/α-hetero) is 2. The molecule has 0 aliphatic heterocycles. The second kappa shape index (κ2) is 14.2. The van der Waals surface area contributed by atoms with Gasteiger partial charge >= 0.3 is 6.09 Å². The van der Waals surface area contributed by atoms with Gasteiger partial charge in [-0.2, -0.15) is 0 Å². The van der Waals surface area contributed by atoms with Crippen LogP contribution in [0.5, 0.6) is 0 Å². The number of amides is 1. The first kappa shape index (κ1) is 27.1. The van der Waals surface area contributed by atoms with E-state index in [2.05, 4.69) is 29.6 Å². The highest BCUT2D eigenvalue weighted by atomic mass is 16.5. The molecule has 2 saturated carbocycles. The number of carbonyl (C=O) groups excluding carboxylic acids is 3. The molecule has 0 aromatic heterocycles. The number of hydrogen-bond acceptors (Lipinski definition) is 4. The first-order valence-corrected chi connectivity index (χ1v) is 11.6. The SMILES string of the molecule is CC.CC.CC1CC1=O.CNC(=O)OCC1c2ccccc2-c2ccccc21.O=C1CC1. The zero-order valence-corrected chi connectivity index (χ0v) is 20.2. The number of nitrogens with one attached hydrogen (secondary N) is 1. The van der Waals surface area contributed by atoms with Crippen LogP contribution in [0.2, 0.25) is 0 Å². The molecule has 1 amide bonds. The summed E-state index contributed by atoms with van der Waals surface area (Å²) in [7, 11) is 1.57. The van der Waals surface area contributed by atoms with Crippen molar-refractivity contribution in [3.63, 3.8) is 0 Å². The lowest BCUT2D eigenvalue weighted by molar-refractivity contribution is -0.111. The third kappa shape index (κ3) is 8.29. The molecule has 0 saturated heterocycles. The molecule has 0 radical (unpaired) electrons. The molecule has 0 heterocycles. The van der Waals surface area contributed by atoms with Crippen LogP contribution in [0.25, 0.3) is 11.1 Å². The van der Waals surface area contributed by atoms with E-state index in [1.165, 1.54) is 22.3 Å². The Kier molecular flexibility index (Phi) is 12.0. The van der Waals surface area contributed by atoms with Crippen LogP contribution in [0, 0.1) is 5.92 Å². The molecule has 5 heteroatoms. The minimum atomic E-state index is -0.387. The zero-order valence-electron chi connectivity index (χ0n) is 20.2. The predicted octanol–water partition coefficient (Wildman–Crippen LogP) is 6.15. The van der Waals surface area contributed by atoms with Gasteiger partial charge in [-0.1, -0.05) is 83.1 Å². The Bertz CT molecular complexity index is 839. The minimum absolute atomic E-state index is 0.129. The van der Waals surface area contributed by atoms with Gasteiger partial charge in [-0.25, -0.2) is 4.79 Å². The van der Waals surface area contributed by atoms with Crippen LogP contribution in [0.1, 0.15) is 70.9 Å². The lowest BCUT2D eigenvalue weighted by Gasteiger charge is -2.13. The summed E-state index contributed by atoms with van der Waals surface area (Å²) in [6, 6.07) is 16.6. The highest BCUT2D eigenvalue weighted by Crippen LogP contribution is 2.44. The van der Waals surface area contributed by atoms with Gasteiger partial charge < -0.3 is 10.1 Å². The normalized spacial score (nSPS) is 16.0. The summed E-state index contributed by atoms with van der Waals surface area (Å²) >= 11 is 0. The van der Waals surface area contributed by atoms with Crippen molar-refractivity contribution in [2.75, 3.05) is 13.7 Å². The van der Waals surface area contributed by atoms with Gasteiger partial charge in [0.05, 0.1) is 0 Å². The monoisotopic (exact) mass is 439 g/mol. The van der Waals surface area contributed by atoms with Gasteiger partial charge in [0.15, 0.2) is 0 Å².